The van der Waals surface area contributed by atoms with Crippen LogP contribution >= 0.6 is 11.6 Å². The van der Waals surface area contributed by atoms with E-state index in [0.717, 1.165) is 62.2 Å². The summed E-state index contributed by atoms with van der Waals surface area (Å²) in [6, 6.07) is 13.5. The highest BCUT2D eigenvalue weighted by Crippen LogP contribution is 2.47. The lowest BCUT2D eigenvalue weighted by molar-refractivity contribution is -0.137. The van der Waals surface area contributed by atoms with Crippen molar-refractivity contribution in [2.75, 3.05) is 32.9 Å². The van der Waals surface area contributed by atoms with E-state index >= 15 is 0 Å². The highest BCUT2D eigenvalue weighted by Gasteiger charge is 2.34. The first-order valence-electron chi connectivity index (χ1n) is 14.3. The number of pyridine rings is 1. The normalized spacial score (nSPS) is 18.6. The van der Waals surface area contributed by atoms with E-state index in [1.54, 1.807) is 12.1 Å². The molecule has 2 aromatic heterocycles. The molecule has 3 heterocycles. The Morgan fingerprint density at radius 1 is 1.05 bits per heavy atom. The number of rotatable bonds is 9. The molecular formula is C32H30ClF5N4O. The number of H-pyrrole nitrogens is 1. The van der Waals surface area contributed by atoms with Gasteiger partial charge in [0.2, 0.25) is 5.95 Å². The zero-order valence-corrected chi connectivity index (χ0v) is 24.0. The van der Waals surface area contributed by atoms with Crippen LogP contribution in [0, 0.1) is 17.8 Å². The summed E-state index contributed by atoms with van der Waals surface area (Å²) in [6.07, 6.45) is -0.311. The Bertz CT molecular complexity index is 1630. The summed E-state index contributed by atoms with van der Waals surface area (Å²) in [5, 5.41) is 6.55. The molecule has 6 rings (SSSR count). The number of allylic oxidation sites excluding steroid dienone is 1. The minimum absolute atomic E-state index is 0.00571. The molecule has 2 aromatic carbocycles. The van der Waals surface area contributed by atoms with Gasteiger partial charge in [-0.1, -0.05) is 36.2 Å². The molecule has 0 bridgehead atoms. The van der Waals surface area contributed by atoms with Gasteiger partial charge in [0, 0.05) is 25.2 Å². The number of ether oxygens (including phenoxy) is 1. The maximum absolute atomic E-state index is 14.6. The van der Waals surface area contributed by atoms with E-state index in [1.807, 2.05) is 30.3 Å². The topological polar surface area (TPSA) is 54.0 Å². The van der Waals surface area contributed by atoms with Crippen LogP contribution in [0.4, 0.5) is 22.0 Å². The van der Waals surface area contributed by atoms with Crippen LogP contribution in [0.3, 0.4) is 0 Å². The second-order valence-electron chi connectivity index (χ2n) is 11.2. The summed E-state index contributed by atoms with van der Waals surface area (Å²) in [6.45, 7) is 2.44. The maximum Gasteiger partial charge on any atom is 0.417 e. The predicted octanol–water partition coefficient (Wildman–Crippen LogP) is 8.20. The van der Waals surface area contributed by atoms with Gasteiger partial charge in [-0.15, -0.1) is 0 Å². The van der Waals surface area contributed by atoms with Crippen LogP contribution in [0.1, 0.15) is 48.1 Å². The molecule has 1 aliphatic heterocycles. The number of aromatic amines is 1. The fraction of sp³-hybridized carbons (Fsp3) is 0.375. The molecule has 1 N–H and O–H groups in total. The Hall–Kier alpha value is -3.50. The number of alkyl halides is 4. The third-order valence-corrected chi connectivity index (χ3v) is 8.70. The molecule has 43 heavy (non-hydrogen) atoms. The van der Waals surface area contributed by atoms with E-state index in [4.69, 9.17) is 16.3 Å². The van der Waals surface area contributed by atoms with Crippen LogP contribution in [0.2, 0.25) is 5.02 Å². The van der Waals surface area contributed by atoms with Crippen molar-refractivity contribution in [1.82, 2.24) is 20.1 Å². The molecule has 2 fully saturated rings. The number of hydrogen-bond acceptors (Lipinski definition) is 4. The summed E-state index contributed by atoms with van der Waals surface area (Å²) in [7, 11) is 0. The zero-order valence-electron chi connectivity index (χ0n) is 23.2. The van der Waals surface area contributed by atoms with Gasteiger partial charge < -0.3 is 4.74 Å². The average Bonchev–Trinajstić information content (AvgIpc) is 3.58. The van der Waals surface area contributed by atoms with Gasteiger partial charge in [0.05, 0.1) is 33.9 Å². The Labute approximate surface area is 250 Å². The van der Waals surface area contributed by atoms with Gasteiger partial charge in [0.1, 0.15) is 12.4 Å². The number of nitrogens with zero attached hydrogens (tertiary/aromatic N) is 3. The third kappa shape index (κ3) is 6.26. The van der Waals surface area contributed by atoms with Crippen LogP contribution in [-0.2, 0) is 6.18 Å². The quantitative estimate of drug-likeness (QED) is 0.193. The van der Waals surface area contributed by atoms with Crippen molar-refractivity contribution in [2.45, 2.75) is 31.9 Å². The molecular weight excluding hydrogens is 587 g/mol. The fourth-order valence-electron chi connectivity index (χ4n) is 5.87. The van der Waals surface area contributed by atoms with Crippen LogP contribution in [0.15, 0.2) is 54.7 Å². The van der Waals surface area contributed by atoms with Crippen molar-refractivity contribution in [1.29, 1.82) is 0 Å². The van der Waals surface area contributed by atoms with E-state index in [-0.39, 0.29) is 29.2 Å². The fourth-order valence-corrected chi connectivity index (χ4v) is 6.14. The molecule has 0 unspecified atom stereocenters. The molecule has 1 saturated heterocycles. The highest BCUT2D eigenvalue weighted by molar-refractivity contribution is 6.32. The molecule has 226 valence electrons. The number of nitrogens with one attached hydrogen (secondary N) is 1. The minimum atomic E-state index is -4.58. The summed E-state index contributed by atoms with van der Waals surface area (Å²) >= 11 is 6.52. The summed E-state index contributed by atoms with van der Waals surface area (Å²) in [5.74, 6) is 0.172. The average molecular weight is 617 g/mol. The number of halogens is 6. The van der Waals surface area contributed by atoms with Crippen LogP contribution < -0.4 is 4.74 Å². The lowest BCUT2D eigenvalue weighted by Crippen LogP contribution is -2.26. The molecule has 1 saturated carbocycles. The van der Waals surface area contributed by atoms with Crippen LogP contribution in [-0.4, -0.2) is 53.0 Å². The molecule has 0 spiro atoms. The summed E-state index contributed by atoms with van der Waals surface area (Å²) in [5.41, 5.74) is 2.67. The van der Waals surface area contributed by atoms with E-state index < -0.39 is 17.7 Å². The number of benzene rings is 2. The van der Waals surface area contributed by atoms with Crippen LogP contribution in [0.25, 0.3) is 22.0 Å². The van der Waals surface area contributed by atoms with E-state index in [0.29, 0.717) is 40.9 Å². The Morgan fingerprint density at radius 2 is 1.81 bits per heavy atom. The molecule has 1 atom stereocenters. The van der Waals surface area contributed by atoms with E-state index in [1.165, 1.54) is 0 Å². The Balaban J connectivity index is 1.39. The standard InChI is InChI=1S/C32H30ClF5N4O/c33-26-15-23(32(36,37)38)17-39-30(26)29(20-2-1-3-20)28(22-6-9-27-25(14-22)31(35)41-40-27)21-4-7-24(8-5-21)43-13-12-42-11-10-19(16-34)18-42/h4-9,14-15,17,19-20H,1-3,10-13,16,18H2,(H,40,41)/t19-/m0/s1. The SMILES string of the molecule is FC[C@@H]1CCN(CCOc2ccc(C(=C(c3ncc(C(F)(F)F)cc3Cl)C3CCC3)c3ccc4n[nH]c(F)c4c3)cc2)C1. The monoisotopic (exact) mass is 616 g/mol. The number of hydrogen-bond donors (Lipinski definition) is 1. The zero-order chi connectivity index (χ0) is 30.1. The largest absolute Gasteiger partial charge is 0.492 e. The van der Waals surface area contributed by atoms with Gasteiger partial charge in [0.25, 0.3) is 0 Å². The van der Waals surface area contributed by atoms with Gasteiger partial charge in [-0.2, -0.15) is 22.7 Å². The molecule has 0 radical (unpaired) electrons. The lowest BCUT2D eigenvalue weighted by atomic mass is 9.74. The minimum Gasteiger partial charge on any atom is -0.492 e. The lowest BCUT2D eigenvalue weighted by Gasteiger charge is -2.31. The van der Waals surface area contributed by atoms with Gasteiger partial charge in [-0.25, -0.2) is 0 Å². The Kier molecular flexibility index (Phi) is 8.42. The molecule has 4 aromatic rings. The first-order chi connectivity index (χ1) is 20.7. The van der Waals surface area contributed by atoms with Crippen molar-refractivity contribution in [3.05, 3.63) is 88.1 Å². The molecule has 1 aliphatic carbocycles. The van der Waals surface area contributed by atoms with Crippen molar-refractivity contribution >= 4 is 33.7 Å². The van der Waals surface area contributed by atoms with Gasteiger partial charge in [0.15, 0.2) is 0 Å². The van der Waals surface area contributed by atoms with Gasteiger partial charge in [-0.3, -0.25) is 19.4 Å². The molecule has 5 nitrogen and oxygen atoms in total. The second kappa shape index (κ2) is 12.2. The van der Waals surface area contributed by atoms with Gasteiger partial charge in [-0.05, 0) is 84.3 Å². The highest BCUT2D eigenvalue weighted by atomic mass is 35.5. The molecule has 2 aliphatic rings. The van der Waals surface area contributed by atoms with Crippen LogP contribution in [0.5, 0.6) is 5.75 Å². The third-order valence-electron chi connectivity index (χ3n) is 8.41. The second-order valence-corrected chi connectivity index (χ2v) is 11.6. The van der Waals surface area contributed by atoms with E-state index in [2.05, 4.69) is 20.1 Å². The Morgan fingerprint density at radius 3 is 2.47 bits per heavy atom. The van der Waals surface area contributed by atoms with Crippen molar-refractivity contribution in [2.24, 2.45) is 11.8 Å². The molecule has 0 amide bonds. The van der Waals surface area contributed by atoms with Crippen molar-refractivity contribution in [3.63, 3.8) is 0 Å². The first kappa shape index (κ1) is 29.6. The number of aromatic nitrogens is 3. The summed E-state index contributed by atoms with van der Waals surface area (Å²) in [4.78, 5) is 6.43. The van der Waals surface area contributed by atoms with Gasteiger partial charge >= 0.3 is 6.18 Å². The smallest absolute Gasteiger partial charge is 0.417 e. The molecule has 11 heteroatoms. The summed E-state index contributed by atoms with van der Waals surface area (Å²) < 4.78 is 73.8. The van der Waals surface area contributed by atoms with Crippen molar-refractivity contribution in [3.8, 4) is 5.75 Å². The number of likely N-dealkylation sites (tertiary alicyclic amines) is 1. The van der Waals surface area contributed by atoms with Crippen molar-refractivity contribution < 1.29 is 26.7 Å². The first-order valence-corrected chi connectivity index (χ1v) is 14.7. The predicted molar refractivity (Wildman–Crippen MR) is 156 cm³/mol. The maximum atomic E-state index is 14.6. The number of fused-ring (bicyclic) bond motifs is 1. The van der Waals surface area contributed by atoms with E-state index in [9.17, 15) is 22.0 Å².